The van der Waals surface area contributed by atoms with Gasteiger partial charge in [0.05, 0.1) is 6.04 Å². The van der Waals surface area contributed by atoms with Crippen LogP contribution in [0.2, 0.25) is 0 Å². The molecule has 0 bridgehead atoms. The van der Waals surface area contributed by atoms with E-state index in [4.69, 9.17) is 4.74 Å². The summed E-state index contributed by atoms with van der Waals surface area (Å²) in [5.41, 5.74) is 5.64. The number of nitrogens with one attached hydrogen (secondary N) is 1. The van der Waals surface area contributed by atoms with Gasteiger partial charge in [-0.1, -0.05) is 48.0 Å². The summed E-state index contributed by atoms with van der Waals surface area (Å²) >= 11 is 0. The average Bonchev–Trinajstić information content (AvgIpc) is 3.11. The SMILES string of the molecule is Cc1ccc([C@H](NC(=O)CCc2ccc3c(c2)C[C@@H](C)O3)c2cccnc2)cc1. The van der Waals surface area contributed by atoms with Gasteiger partial charge >= 0.3 is 0 Å². The van der Waals surface area contributed by atoms with Crippen LogP contribution in [0.1, 0.15) is 47.2 Å². The molecule has 1 aliphatic rings. The monoisotopic (exact) mass is 386 g/mol. The molecule has 1 aliphatic heterocycles. The lowest BCUT2D eigenvalue weighted by Crippen LogP contribution is -2.29. The lowest BCUT2D eigenvalue weighted by molar-refractivity contribution is -0.121. The van der Waals surface area contributed by atoms with E-state index in [1.165, 1.54) is 16.7 Å². The van der Waals surface area contributed by atoms with Crippen molar-refractivity contribution in [1.82, 2.24) is 10.3 Å². The highest BCUT2D eigenvalue weighted by Crippen LogP contribution is 2.29. The van der Waals surface area contributed by atoms with Gasteiger partial charge < -0.3 is 10.1 Å². The Labute approximate surface area is 172 Å². The van der Waals surface area contributed by atoms with Gasteiger partial charge in [-0.3, -0.25) is 9.78 Å². The minimum absolute atomic E-state index is 0.0320. The zero-order valence-electron chi connectivity index (χ0n) is 16.9. The number of rotatable bonds is 6. The third kappa shape index (κ3) is 4.65. The Balaban J connectivity index is 1.44. The van der Waals surface area contributed by atoms with Crippen molar-refractivity contribution >= 4 is 5.91 Å². The minimum Gasteiger partial charge on any atom is -0.490 e. The van der Waals surface area contributed by atoms with Crippen molar-refractivity contribution in [3.05, 3.63) is 94.8 Å². The summed E-state index contributed by atoms with van der Waals surface area (Å²) in [6, 6.07) is 18.2. The number of carbonyl (C=O) groups excluding carboxylic acids is 1. The highest BCUT2D eigenvalue weighted by molar-refractivity contribution is 5.77. The molecule has 0 aliphatic carbocycles. The first kappa shape index (κ1) is 19.2. The highest BCUT2D eigenvalue weighted by Gasteiger charge is 2.20. The number of nitrogens with zero attached hydrogens (tertiary/aromatic N) is 1. The van der Waals surface area contributed by atoms with Gasteiger partial charge in [0.1, 0.15) is 11.9 Å². The fraction of sp³-hybridized carbons (Fsp3) is 0.280. The van der Waals surface area contributed by atoms with Crippen molar-refractivity contribution in [3.8, 4) is 5.75 Å². The Hall–Kier alpha value is -3.14. The lowest BCUT2D eigenvalue weighted by atomic mass is 9.98. The first-order chi connectivity index (χ1) is 14.1. The molecule has 1 N–H and O–H groups in total. The second kappa shape index (κ2) is 8.48. The van der Waals surface area contributed by atoms with Crippen molar-refractivity contribution in [3.63, 3.8) is 0 Å². The fourth-order valence-corrected chi connectivity index (χ4v) is 3.79. The first-order valence-corrected chi connectivity index (χ1v) is 10.1. The Morgan fingerprint density at radius 2 is 2.00 bits per heavy atom. The molecule has 1 amide bonds. The zero-order valence-corrected chi connectivity index (χ0v) is 16.9. The van der Waals surface area contributed by atoms with Gasteiger partial charge in [0.15, 0.2) is 0 Å². The molecule has 1 aromatic heterocycles. The molecule has 0 radical (unpaired) electrons. The highest BCUT2D eigenvalue weighted by atomic mass is 16.5. The Morgan fingerprint density at radius 1 is 1.17 bits per heavy atom. The van der Waals surface area contributed by atoms with E-state index in [1.807, 2.05) is 24.4 Å². The summed E-state index contributed by atoms with van der Waals surface area (Å²) in [6.45, 7) is 4.14. The summed E-state index contributed by atoms with van der Waals surface area (Å²) in [5, 5.41) is 3.20. The molecule has 0 saturated heterocycles. The quantitative estimate of drug-likeness (QED) is 0.676. The number of carbonyl (C=O) groups is 1. The molecule has 2 atom stereocenters. The molecule has 148 valence electrons. The number of aromatic nitrogens is 1. The predicted octanol–water partition coefficient (Wildman–Crippen LogP) is 4.55. The number of amides is 1. The van der Waals surface area contributed by atoms with Gasteiger partial charge in [0, 0.05) is 25.2 Å². The molecule has 0 saturated carbocycles. The number of benzene rings is 2. The molecule has 2 heterocycles. The Kier molecular flexibility index (Phi) is 5.61. The molecular weight excluding hydrogens is 360 g/mol. The summed E-state index contributed by atoms with van der Waals surface area (Å²) in [5.74, 6) is 1.01. The number of hydrogen-bond donors (Lipinski definition) is 1. The number of aryl methyl sites for hydroxylation is 2. The van der Waals surface area contributed by atoms with Crippen LogP contribution in [0.25, 0.3) is 0 Å². The number of fused-ring (bicyclic) bond motifs is 1. The van der Waals surface area contributed by atoms with Gasteiger partial charge in [-0.25, -0.2) is 0 Å². The van der Waals surface area contributed by atoms with E-state index in [0.717, 1.165) is 23.3 Å². The maximum atomic E-state index is 12.8. The van der Waals surface area contributed by atoms with Gasteiger partial charge in [0.25, 0.3) is 0 Å². The topological polar surface area (TPSA) is 51.2 Å². The van der Waals surface area contributed by atoms with Crippen LogP contribution in [-0.4, -0.2) is 17.0 Å². The maximum absolute atomic E-state index is 12.8. The smallest absolute Gasteiger partial charge is 0.221 e. The largest absolute Gasteiger partial charge is 0.490 e. The number of hydrogen-bond acceptors (Lipinski definition) is 3. The zero-order chi connectivity index (χ0) is 20.2. The van der Waals surface area contributed by atoms with Crippen molar-refractivity contribution in [2.45, 2.75) is 45.3 Å². The van der Waals surface area contributed by atoms with E-state index in [9.17, 15) is 4.79 Å². The van der Waals surface area contributed by atoms with Crippen LogP contribution in [0.5, 0.6) is 5.75 Å². The van der Waals surface area contributed by atoms with E-state index in [2.05, 4.69) is 60.5 Å². The number of ether oxygens (including phenoxy) is 1. The van der Waals surface area contributed by atoms with Gasteiger partial charge in [-0.05, 0) is 54.7 Å². The molecule has 0 spiro atoms. The maximum Gasteiger partial charge on any atom is 0.221 e. The average molecular weight is 386 g/mol. The summed E-state index contributed by atoms with van der Waals surface area (Å²) < 4.78 is 5.76. The van der Waals surface area contributed by atoms with Crippen molar-refractivity contribution in [2.24, 2.45) is 0 Å². The van der Waals surface area contributed by atoms with Crippen molar-refractivity contribution in [2.75, 3.05) is 0 Å². The molecule has 3 aromatic rings. The molecule has 29 heavy (non-hydrogen) atoms. The van der Waals surface area contributed by atoms with Crippen LogP contribution in [0.15, 0.2) is 67.0 Å². The van der Waals surface area contributed by atoms with Crippen molar-refractivity contribution < 1.29 is 9.53 Å². The second-order valence-electron chi connectivity index (χ2n) is 7.77. The predicted molar refractivity (Wildman–Crippen MR) is 114 cm³/mol. The Morgan fingerprint density at radius 3 is 2.76 bits per heavy atom. The third-order valence-corrected chi connectivity index (χ3v) is 5.33. The van der Waals surface area contributed by atoms with E-state index >= 15 is 0 Å². The van der Waals surface area contributed by atoms with E-state index in [0.29, 0.717) is 12.8 Å². The normalized spacial score (nSPS) is 16.0. The van der Waals surface area contributed by atoms with E-state index < -0.39 is 0 Å². The number of pyridine rings is 1. The standard InChI is InChI=1S/C25H26N2O2/c1-17-5-9-20(10-6-17)25(21-4-3-13-26-16-21)27-24(28)12-8-19-7-11-23-22(15-19)14-18(2)29-23/h3-7,9-11,13,15-16,18,25H,8,12,14H2,1-2H3,(H,27,28)/t18-,25+/m1/s1. The second-order valence-corrected chi connectivity index (χ2v) is 7.77. The molecule has 4 rings (SSSR count). The fourth-order valence-electron chi connectivity index (χ4n) is 3.79. The van der Waals surface area contributed by atoms with Crippen LogP contribution in [-0.2, 0) is 17.6 Å². The van der Waals surface area contributed by atoms with Crippen LogP contribution >= 0.6 is 0 Å². The van der Waals surface area contributed by atoms with E-state index in [-0.39, 0.29) is 18.1 Å². The molecule has 4 nitrogen and oxygen atoms in total. The van der Waals surface area contributed by atoms with Gasteiger partial charge in [0.2, 0.25) is 5.91 Å². The van der Waals surface area contributed by atoms with Crippen LogP contribution in [0, 0.1) is 6.92 Å². The molecule has 4 heteroatoms. The van der Waals surface area contributed by atoms with Crippen LogP contribution in [0.4, 0.5) is 0 Å². The molecule has 0 unspecified atom stereocenters. The molecule has 0 fully saturated rings. The summed E-state index contributed by atoms with van der Waals surface area (Å²) in [7, 11) is 0. The van der Waals surface area contributed by atoms with Crippen LogP contribution in [0.3, 0.4) is 0 Å². The van der Waals surface area contributed by atoms with Gasteiger partial charge in [-0.15, -0.1) is 0 Å². The first-order valence-electron chi connectivity index (χ1n) is 10.1. The Bertz CT molecular complexity index is 983. The van der Waals surface area contributed by atoms with E-state index in [1.54, 1.807) is 6.20 Å². The van der Waals surface area contributed by atoms with Gasteiger partial charge in [-0.2, -0.15) is 0 Å². The lowest BCUT2D eigenvalue weighted by Gasteiger charge is -2.20. The summed E-state index contributed by atoms with van der Waals surface area (Å²) in [6.07, 6.45) is 5.88. The van der Waals surface area contributed by atoms with Crippen molar-refractivity contribution in [1.29, 1.82) is 0 Å². The minimum atomic E-state index is -0.203. The third-order valence-electron chi connectivity index (χ3n) is 5.33. The molecular formula is C25H26N2O2. The van der Waals surface area contributed by atoms with Crippen LogP contribution < -0.4 is 10.1 Å². The summed E-state index contributed by atoms with van der Waals surface area (Å²) in [4.78, 5) is 17.0. The molecule has 2 aromatic carbocycles.